The van der Waals surface area contributed by atoms with Crippen LogP contribution in [0.2, 0.25) is 0 Å². The van der Waals surface area contributed by atoms with Gasteiger partial charge in [0.1, 0.15) is 6.61 Å². The predicted molar refractivity (Wildman–Crippen MR) is 132 cm³/mol. The number of hydrogen-bond donors (Lipinski definition) is 0. The third-order valence-corrected chi connectivity index (χ3v) is 7.38. The van der Waals surface area contributed by atoms with E-state index in [1.54, 1.807) is 36.4 Å². The van der Waals surface area contributed by atoms with Gasteiger partial charge in [0.2, 0.25) is 0 Å². The number of fused-ring (bicyclic) bond motifs is 5. The largest absolute Gasteiger partial charge is 0.461 e. The average molecular weight is 459 g/mol. The van der Waals surface area contributed by atoms with Gasteiger partial charge in [-0.15, -0.1) is 0 Å². The van der Waals surface area contributed by atoms with Crippen molar-refractivity contribution in [1.29, 1.82) is 0 Å². The van der Waals surface area contributed by atoms with Crippen LogP contribution in [0.4, 0.5) is 0 Å². The molecule has 170 valence electrons. The second-order valence-electron chi connectivity index (χ2n) is 9.10. The van der Waals surface area contributed by atoms with Crippen LogP contribution in [0, 0.1) is 5.92 Å². The molecule has 35 heavy (non-hydrogen) atoms. The first kappa shape index (κ1) is 21.2. The fourth-order valence-electron chi connectivity index (χ4n) is 5.91. The van der Waals surface area contributed by atoms with Crippen molar-refractivity contribution in [3.63, 3.8) is 0 Å². The van der Waals surface area contributed by atoms with Crippen molar-refractivity contribution < 1.29 is 19.1 Å². The van der Waals surface area contributed by atoms with Crippen LogP contribution in [-0.4, -0.2) is 24.1 Å². The lowest BCUT2D eigenvalue weighted by atomic mass is 9.71. The fraction of sp³-hybridized carbons (Fsp3) is 0.129. The lowest BCUT2D eigenvalue weighted by Crippen LogP contribution is -2.39. The van der Waals surface area contributed by atoms with Gasteiger partial charge in [-0.25, -0.2) is 4.79 Å². The normalized spacial score (nSPS) is 21.7. The van der Waals surface area contributed by atoms with Gasteiger partial charge in [-0.1, -0.05) is 97.1 Å². The lowest BCUT2D eigenvalue weighted by molar-refractivity contribution is 0.0384. The van der Waals surface area contributed by atoms with Crippen molar-refractivity contribution >= 4 is 17.5 Å². The molecule has 0 saturated carbocycles. The summed E-state index contributed by atoms with van der Waals surface area (Å²) < 4.78 is 5.91. The third kappa shape index (κ3) is 3.10. The van der Waals surface area contributed by atoms with E-state index in [1.807, 2.05) is 72.8 Å². The fourth-order valence-corrected chi connectivity index (χ4v) is 5.91. The summed E-state index contributed by atoms with van der Waals surface area (Å²) in [5, 5.41) is 0. The molecule has 0 amide bonds. The molecule has 4 nitrogen and oxygen atoms in total. The number of ketones is 2. The van der Waals surface area contributed by atoms with Crippen LogP contribution in [0.1, 0.15) is 53.7 Å². The summed E-state index contributed by atoms with van der Waals surface area (Å²) in [4.78, 5) is 40.8. The van der Waals surface area contributed by atoms with E-state index in [9.17, 15) is 14.4 Å². The smallest absolute Gasteiger partial charge is 0.338 e. The molecule has 4 heteroatoms. The van der Waals surface area contributed by atoms with Crippen LogP contribution < -0.4 is 0 Å². The summed E-state index contributed by atoms with van der Waals surface area (Å²) in [6, 6.07) is 33.1. The van der Waals surface area contributed by atoms with Gasteiger partial charge < -0.3 is 4.74 Å². The monoisotopic (exact) mass is 458 g/mol. The van der Waals surface area contributed by atoms with E-state index in [0.29, 0.717) is 16.7 Å². The highest BCUT2D eigenvalue weighted by molar-refractivity contribution is 6.13. The van der Waals surface area contributed by atoms with Gasteiger partial charge in [0.25, 0.3) is 0 Å². The molecular formula is C31H22O4. The summed E-state index contributed by atoms with van der Waals surface area (Å²) >= 11 is 0. The summed E-state index contributed by atoms with van der Waals surface area (Å²) in [7, 11) is 0. The maximum Gasteiger partial charge on any atom is 0.338 e. The molecule has 4 aromatic rings. The van der Waals surface area contributed by atoms with Gasteiger partial charge in [0, 0.05) is 11.1 Å². The van der Waals surface area contributed by atoms with Crippen molar-refractivity contribution in [2.45, 2.75) is 11.3 Å². The topological polar surface area (TPSA) is 60.4 Å². The van der Waals surface area contributed by atoms with E-state index in [0.717, 1.165) is 16.7 Å². The van der Waals surface area contributed by atoms with Crippen molar-refractivity contribution in [1.82, 2.24) is 0 Å². The molecule has 2 aliphatic rings. The second-order valence-corrected chi connectivity index (χ2v) is 9.10. The molecule has 0 heterocycles. The molecule has 3 atom stereocenters. The number of carbonyl (C=O) groups is 3. The minimum Gasteiger partial charge on any atom is -0.461 e. The van der Waals surface area contributed by atoms with Gasteiger partial charge in [-0.3, -0.25) is 9.59 Å². The minimum atomic E-state index is -0.927. The van der Waals surface area contributed by atoms with Crippen LogP contribution >= 0.6 is 0 Å². The molecule has 2 aliphatic carbocycles. The second kappa shape index (κ2) is 8.17. The van der Waals surface area contributed by atoms with Crippen LogP contribution in [0.15, 0.2) is 109 Å². The van der Waals surface area contributed by atoms with E-state index in [1.165, 1.54) is 0 Å². The van der Waals surface area contributed by atoms with Crippen LogP contribution in [0.3, 0.4) is 0 Å². The molecule has 0 aromatic heterocycles. The Balaban J connectivity index is 1.51. The summed E-state index contributed by atoms with van der Waals surface area (Å²) in [5.74, 6) is -1.98. The highest BCUT2D eigenvalue weighted by Gasteiger charge is 2.63. The molecular weight excluding hydrogens is 436 g/mol. The first-order valence-electron chi connectivity index (χ1n) is 11.7. The van der Waals surface area contributed by atoms with Crippen molar-refractivity contribution in [3.05, 3.63) is 143 Å². The molecule has 0 N–H and O–H groups in total. The van der Waals surface area contributed by atoms with E-state index >= 15 is 0 Å². The van der Waals surface area contributed by atoms with Crippen molar-refractivity contribution in [2.75, 3.05) is 6.61 Å². The van der Waals surface area contributed by atoms with Crippen LogP contribution in [0.5, 0.6) is 0 Å². The van der Waals surface area contributed by atoms with Gasteiger partial charge in [-0.2, -0.15) is 0 Å². The SMILES string of the molecule is O=C(OC[C@]12c3ccccc3C(=O)[C@H]1[C@@H](C(=O)c1ccccc1)c1ccccc12)c1ccccc1. The summed E-state index contributed by atoms with van der Waals surface area (Å²) in [5.41, 5.74) is 3.18. The third-order valence-electron chi connectivity index (χ3n) is 7.38. The molecule has 0 saturated heterocycles. The van der Waals surface area contributed by atoms with E-state index in [2.05, 4.69) is 0 Å². The molecule has 4 aromatic carbocycles. The molecule has 0 radical (unpaired) electrons. The van der Waals surface area contributed by atoms with Gasteiger partial charge in [-0.05, 0) is 28.8 Å². The van der Waals surface area contributed by atoms with Crippen LogP contribution in [-0.2, 0) is 10.2 Å². The van der Waals surface area contributed by atoms with Crippen molar-refractivity contribution in [3.8, 4) is 0 Å². The first-order chi connectivity index (χ1) is 17.1. The molecule has 0 aliphatic heterocycles. The number of hydrogen-bond acceptors (Lipinski definition) is 4. The minimum absolute atomic E-state index is 0.0241. The van der Waals surface area contributed by atoms with Gasteiger partial charge >= 0.3 is 5.97 Å². The average Bonchev–Trinajstić information content (AvgIpc) is 3.36. The lowest BCUT2D eigenvalue weighted by Gasteiger charge is -2.32. The Morgan fingerprint density at radius 1 is 0.686 bits per heavy atom. The highest BCUT2D eigenvalue weighted by atomic mass is 16.5. The number of esters is 1. The van der Waals surface area contributed by atoms with E-state index in [4.69, 9.17) is 4.74 Å². The van der Waals surface area contributed by atoms with Gasteiger partial charge in [0.15, 0.2) is 11.6 Å². The summed E-state index contributed by atoms with van der Waals surface area (Å²) in [6.07, 6.45) is 0. The zero-order chi connectivity index (χ0) is 24.0. The van der Waals surface area contributed by atoms with E-state index in [-0.39, 0.29) is 18.2 Å². The van der Waals surface area contributed by atoms with Crippen LogP contribution in [0.25, 0.3) is 0 Å². The molecule has 0 unspecified atom stereocenters. The Labute approximate surface area is 203 Å². The molecule has 6 rings (SSSR count). The Kier molecular flexibility index (Phi) is 4.96. The summed E-state index contributed by atoms with van der Waals surface area (Å²) in [6.45, 7) is -0.0241. The zero-order valence-electron chi connectivity index (χ0n) is 18.9. The molecule has 0 fully saturated rings. The Hall–Kier alpha value is -4.31. The Morgan fingerprint density at radius 2 is 1.26 bits per heavy atom. The first-order valence-corrected chi connectivity index (χ1v) is 11.7. The predicted octanol–water partition coefficient (Wildman–Crippen LogP) is 5.62. The number of rotatable bonds is 5. The maximum absolute atomic E-state index is 13.9. The highest BCUT2D eigenvalue weighted by Crippen LogP contribution is 2.60. The molecule has 0 spiro atoms. The van der Waals surface area contributed by atoms with Gasteiger partial charge in [0.05, 0.1) is 22.8 Å². The number of carbonyl (C=O) groups excluding carboxylic acids is 3. The number of ether oxygens (including phenoxy) is 1. The Morgan fingerprint density at radius 3 is 1.97 bits per heavy atom. The number of benzene rings is 4. The zero-order valence-corrected chi connectivity index (χ0v) is 18.9. The quantitative estimate of drug-likeness (QED) is 0.288. The van der Waals surface area contributed by atoms with E-state index < -0.39 is 23.2 Å². The Bertz CT molecular complexity index is 1460. The number of Topliss-reactive ketones (excluding diaryl/α,β-unsaturated/α-hetero) is 2. The molecule has 0 bridgehead atoms. The maximum atomic E-state index is 13.9. The standard InChI is InChI=1S/C31H22O4/c32-28(20-11-3-1-4-12-20)26-22-15-7-9-17-24(22)31(19-35-30(34)21-13-5-2-6-14-21)25-18-10-8-16-23(25)29(33)27(26)31/h1-18,26-27H,19H2/t26-,27+,31-/m0/s1. The van der Waals surface area contributed by atoms with Crippen molar-refractivity contribution in [2.24, 2.45) is 5.92 Å².